The molecule has 0 spiro atoms. The van der Waals surface area contributed by atoms with E-state index >= 15 is 0 Å². The van der Waals surface area contributed by atoms with Crippen LogP contribution in [-0.4, -0.2) is 16.8 Å². The van der Waals surface area contributed by atoms with Crippen LogP contribution in [0.2, 0.25) is 0 Å². The largest absolute Gasteiger partial charge is 0.374 e. The van der Waals surface area contributed by atoms with Crippen LogP contribution in [0.25, 0.3) is 10.9 Å². The van der Waals surface area contributed by atoms with Gasteiger partial charge in [0.05, 0.1) is 12.2 Å². The van der Waals surface area contributed by atoms with Gasteiger partial charge in [-0.3, -0.25) is 0 Å². The number of rotatable bonds is 3. The monoisotopic (exact) mass is 231 g/mol. The molecule has 2 rings (SSSR count). The highest BCUT2D eigenvalue weighted by Gasteiger charge is 2.10. The maximum atomic E-state index is 5.76. The van der Waals surface area contributed by atoms with Gasteiger partial charge in [0.25, 0.3) is 0 Å². The van der Waals surface area contributed by atoms with Gasteiger partial charge in [-0.2, -0.15) is 0 Å². The average molecular weight is 231 g/mol. The molecule has 92 valence electrons. The molecule has 2 nitrogen and oxygen atoms in total. The molecule has 17 heavy (non-hydrogen) atoms. The number of ether oxygens (including phenoxy) is 1. The number of fused-ring (bicyclic) bond motifs is 1. The van der Waals surface area contributed by atoms with E-state index in [9.17, 15) is 0 Å². The minimum atomic E-state index is -0.0567. The van der Waals surface area contributed by atoms with Gasteiger partial charge in [-0.05, 0) is 45.4 Å². The van der Waals surface area contributed by atoms with Crippen LogP contribution >= 0.6 is 0 Å². The van der Waals surface area contributed by atoms with E-state index in [0.29, 0.717) is 0 Å². The Morgan fingerprint density at radius 3 is 2.65 bits per heavy atom. The minimum Gasteiger partial charge on any atom is -0.374 e. The molecule has 0 atom stereocenters. The van der Waals surface area contributed by atoms with Crippen molar-refractivity contribution in [1.29, 1.82) is 0 Å². The van der Waals surface area contributed by atoms with Crippen molar-refractivity contribution in [3.63, 3.8) is 0 Å². The first-order valence-electron chi connectivity index (χ1n) is 6.16. The van der Waals surface area contributed by atoms with Gasteiger partial charge in [-0.1, -0.05) is 12.1 Å². The molecule has 0 bridgehead atoms. The van der Waals surface area contributed by atoms with Crippen LogP contribution in [-0.2, 0) is 11.3 Å². The summed E-state index contributed by atoms with van der Waals surface area (Å²) in [6.45, 7) is 10.1. The normalized spacial score (nSPS) is 12.2. The Kier molecular flexibility index (Phi) is 3.25. The lowest BCUT2D eigenvalue weighted by Crippen LogP contribution is -2.21. The fourth-order valence-electron chi connectivity index (χ4n) is 2.02. The topological polar surface area (TPSA) is 14.2 Å². The molecule has 0 aliphatic heterocycles. The molecule has 0 fully saturated rings. The zero-order valence-electron chi connectivity index (χ0n) is 11.2. The van der Waals surface area contributed by atoms with Gasteiger partial charge < -0.3 is 9.30 Å². The van der Waals surface area contributed by atoms with E-state index in [2.05, 4.69) is 62.7 Å². The van der Waals surface area contributed by atoms with E-state index in [1.165, 1.54) is 16.5 Å². The average Bonchev–Trinajstić information content (AvgIpc) is 2.61. The molecule has 0 aliphatic carbocycles. The smallest absolute Gasteiger partial charge is 0.0652 e. The lowest BCUT2D eigenvalue weighted by Gasteiger charge is -2.19. The zero-order valence-corrected chi connectivity index (χ0v) is 11.2. The van der Waals surface area contributed by atoms with Gasteiger partial charge in [0.1, 0.15) is 0 Å². The number of aromatic nitrogens is 1. The Morgan fingerprint density at radius 2 is 1.94 bits per heavy atom. The molecule has 2 aromatic rings. The number of hydrogen-bond acceptors (Lipinski definition) is 1. The van der Waals surface area contributed by atoms with E-state index in [1.807, 2.05) is 0 Å². The van der Waals surface area contributed by atoms with Crippen LogP contribution in [0.1, 0.15) is 26.3 Å². The summed E-state index contributed by atoms with van der Waals surface area (Å²) in [5.41, 5.74) is 2.57. The maximum Gasteiger partial charge on any atom is 0.0652 e. The molecule has 0 saturated heterocycles. The lowest BCUT2D eigenvalue weighted by molar-refractivity contribution is -0.00644. The summed E-state index contributed by atoms with van der Waals surface area (Å²) in [6.07, 6.45) is 2.14. The Hall–Kier alpha value is -1.28. The van der Waals surface area contributed by atoms with Gasteiger partial charge in [0, 0.05) is 23.6 Å². The predicted octanol–water partition coefficient (Wildman–Crippen LogP) is 3.76. The third kappa shape index (κ3) is 2.89. The summed E-state index contributed by atoms with van der Waals surface area (Å²) >= 11 is 0. The predicted molar refractivity (Wildman–Crippen MR) is 72.4 cm³/mol. The van der Waals surface area contributed by atoms with Gasteiger partial charge in [-0.25, -0.2) is 0 Å². The summed E-state index contributed by atoms with van der Waals surface area (Å²) in [6, 6.07) is 8.61. The number of aryl methyl sites for hydroxylation is 1. The maximum absolute atomic E-state index is 5.76. The molecular weight excluding hydrogens is 210 g/mol. The summed E-state index contributed by atoms with van der Waals surface area (Å²) < 4.78 is 8.02. The van der Waals surface area contributed by atoms with Gasteiger partial charge in [0.15, 0.2) is 0 Å². The quantitative estimate of drug-likeness (QED) is 0.784. The molecule has 0 unspecified atom stereocenters. The molecule has 0 N–H and O–H groups in total. The summed E-state index contributed by atoms with van der Waals surface area (Å²) in [4.78, 5) is 0. The molecule has 1 aromatic heterocycles. The van der Waals surface area contributed by atoms with E-state index in [1.54, 1.807) is 0 Å². The first-order valence-corrected chi connectivity index (χ1v) is 6.16. The highest BCUT2D eigenvalue weighted by molar-refractivity contribution is 5.83. The molecule has 1 aromatic carbocycles. The second kappa shape index (κ2) is 4.53. The van der Waals surface area contributed by atoms with E-state index in [0.717, 1.165) is 13.2 Å². The number of hydrogen-bond donors (Lipinski definition) is 0. The van der Waals surface area contributed by atoms with Crippen molar-refractivity contribution < 1.29 is 4.74 Å². The fourth-order valence-corrected chi connectivity index (χ4v) is 2.02. The van der Waals surface area contributed by atoms with Crippen LogP contribution < -0.4 is 0 Å². The first-order chi connectivity index (χ1) is 7.97. The van der Waals surface area contributed by atoms with Crippen molar-refractivity contribution >= 4 is 10.9 Å². The van der Waals surface area contributed by atoms with Crippen molar-refractivity contribution in [3.05, 3.63) is 36.0 Å². The van der Waals surface area contributed by atoms with Crippen molar-refractivity contribution in [2.45, 2.75) is 39.8 Å². The lowest BCUT2D eigenvalue weighted by atomic mass is 10.1. The standard InChI is InChI=1S/C15H21NO/c1-12-6-5-7-14-13(12)8-9-16(14)10-11-17-15(2,3)4/h5-9H,10-11H2,1-4H3. The van der Waals surface area contributed by atoms with E-state index < -0.39 is 0 Å². The molecule has 2 heteroatoms. The fraction of sp³-hybridized carbons (Fsp3) is 0.467. The molecular formula is C15H21NO. The van der Waals surface area contributed by atoms with Gasteiger partial charge in [0.2, 0.25) is 0 Å². The van der Waals surface area contributed by atoms with Crippen LogP contribution in [0.3, 0.4) is 0 Å². The number of benzene rings is 1. The van der Waals surface area contributed by atoms with Crippen LogP contribution in [0.5, 0.6) is 0 Å². The SMILES string of the molecule is Cc1cccc2c1ccn2CCOC(C)(C)C. The van der Waals surface area contributed by atoms with Crippen molar-refractivity contribution in [1.82, 2.24) is 4.57 Å². The Labute approximate surface area is 103 Å². The molecule has 0 radical (unpaired) electrons. The highest BCUT2D eigenvalue weighted by Crippen LogP contribution is 2.19. The second-order valence-electron chi connectivity index (χ2n) is 5.48. The summed E-state index contributed by atoms with van der Waals surface area (Å²) in [5.74, 6) is 0. The van der Waals surface area contributed by atoms with Gasteiger partial charge >= 0.3 is 0 Å². The first kappa shape index (κ1) is 12.2. The summed E-state index contributed by atoms with van der Waals surface area (Å²) in [7, 11) is 0. The third-order valence-electron chi connectivity index (χ3n) is 2.90. The van der Waals surface area contributed by atoms with Gasteiger partial charge in [-0.15, -0.1) is 0 Å². The van der Waals surface area contributed by atoms with Crippen LogP contribution in [0.15, 0.2) is 30.5 Å². The molecule has 0 aliphatic rings. The third-order valence-corrected chi connectivity index (χ3v) is 2.90. The van der Waals surface area contributed by atoms with E-state index in [-0.39, 0.29) is 5.60 Å². The Balaban J connectivity index is 2.12. The van der Waals surface area contributed by atoms with E-state index in [4.69, 9.17) is 4.74 Å². The van der Waals surface area contributed by atoms with Crippen molar-refractivity contribution in [3.8, 4) is 0 Å². The van der Waals surface area contributed by atoms with Crippen LogP contribution in [0, 0.1) is 6.92 Å². The van der Waals surface area contributed by atoms with Crippen molar-refractivity contribution in [2.75, 3.05) is 6.61 Å². The second-order valence-corrected chi connectivity index (χ2v) is 5.48. The van der Waals surface area contributed by atoms with Crippen LogP contribution in [0.4, 0.5) is 0 Å². The molecule has 1 heterocycles. The Bertz CT molecular complexity index is 505. The van der Waals surface area contributed by atoms with Crippen molar-refractivity contribution in [2.24, 2.45) is 0 Å². The molecule has 0 saturated carbocycles. The zero-order chi connectivity index (χ0) is 12.5. The number of nitrogens with zero attached hydrogens (tertiary/aromatic N) is 1. The molecule has 0 amide bonds. The highest BCUT2D eigenvalue weighted by atomic mass is 16.5. The Morgan fingerprint density at radius 1 is 1.18 bits per heavy atom. The summed E-state index contributed by atoms with van der Waals surface area (Å²) in [5, 5.41) is 1.34. The minimum absolute atomic E-state index is 0.0567.